The van der Waals surface area contributed by atoms with Gasteiger partial charge in [0.1, 0.15) is 5.75 Å². The van der Waals surface area contributed by atoms with Gasteiger partial charge in [0.05, 0.1) is 24.7 Å². The maximum atomic E-state index is 12.4. The maximum absolute atomic E-state index is 12.4. The molecule has 0 saturated carbocycles. The Kier molecular flexibility index (Phi) is 4.21. The summed E-state index contributed by atoms with van der Waals surface area (Å²) in [5.74, 6) is 4.38. The van der Waals surface area contributed by atoms with Crippen molar-refractivity contribution >= 4 is 5.91 Å². The van der Waals surface area contributed by atoms with Crippen molar-refractivity contribution in [2.45, 2.75) is 12.6 Å². The van der Waals surface area contributed by atoms with Crippen molar-refractivity contribution in [2.24, 2.45) is 5.73 Å². The Morgan fingerprint density at radius 2 is 2.11 bits per heavy atom. The lowest BCUT2D eigenvalue weighted by atomic mass is 10.1. The van der Waals surface area contributed by atoms with Crippen LogP contribution >= 0.6 is 0 Å². The summed E-state index contributed by atoms with van der Waals surface area (Å²) < 4.78 is 42.1. The van der Waals surface area contributed by atoms with Crippen LogP contribution in [0.15, 0.2) is 18.2 Å². The van der Waals surface area contributed by atoms with E-state index in [1.807, 2.05) is 0 Å². The number of methoxy groups -OCH3 is 1. The lowest BCUT2D eigenvalue weighted by Gasteiger charge is -2.09. The van der Waals surface area contributed by atoms with Crippen molar-refractivity contribution in [2.75, 3.05) is 7.11 Å². The minimum absolute atomic E-state index is 0.00166. The van der Waals surface area contributed by atoms with E-state index in [9.17, 15) is 18.0 Å². The highest BCUT2D eigenvalue weighted by Crippen LogP contribution is 2.32. The van der Waals surface area contributed by atoms with Gasteiger partial charge in [-0.25, -0.2) is 0 Å². The zero-order chi connectivity index (χ0) is 13.8. The van der Waals surface area contributed by atoms with Crippen molar-refractivity contribution < 1.29 is 22.7 Å². The number of ether oxygens (including phenoxy) is 1. The summed E-state index contributed by atoms with van der Waals surface area (Å²) in [6, 6.07) is 2.95. The summed E-state index contributed by atoms with van der Waals surface area (Å²) in [6.45, 7) is 0. The van der Waals surface area contributed by atoms with E-state index in [1.165, 1.54) is 13.2 Å². The van der Waals surface area contributed by atoms with Crippen molar-refractivity contribution in [1.29, 1.82) is 0 Å². The third-order valence-corrected chi connectivity index (χ3v) is 2.01. The fraction of sp³-hybridized carbons (Fsp3) is 0.250. The average molecular weight is 257 g/mol. The molecule has 0 spiro atoms. The van der Waals surface area contributed by atoms with Gasteiger partial charge in [0.15, 0.2) is 0 Å². The second-order valence-corrected chi connectivity index (χ2v) is 3.36. The van der Waals surface area contributed by atoms with E-state index in [0.717, 1.165) is 12.1 Å². The summed E-state index contributed by atoms with van der Waals surface area (Å²) in [7, 11) is 1.24. The largest absolute Gasteiger partial charge is 0.495 e. The van der Waals surface area contributed by atoms with Crippen LogP contribution in [0.1, 0.15) is 17.5 Å². The number of alkyl halides is 3. The predicted octanol–water partition coefficient (Wildman–Crippen LogP) is 1.94. The van der Waals surface area contributed by atoms with Gasteiger partial charge >= 0.3 is 6.18 Å². The zero-order valence-electron chi connectivity index (χ0n) is 9.47. The monoisotopic (exact) mass is 257 g/mol. The Hall–Kier alpha value is -2.16. The molecule has 0 unspecified atom stereocenters. The van der Waals surface area contributed by atoms with Crippen LogP contribution in [0.25, 0.3) is 0 Å². The molecule has 0 saturated heterocycles. The van der Waals surface area contributed by atoms with Crippen LogP contribution in [0.2, 0.25) is 0 Å². The summed E-state index contributed by atoms with van der Waals surface area (Å²) in [4.78, 5) is 10.5. The highest BCUT2D eigenvalue weighted by atomic mass is 19.4. The second kappa shape index (κ2) is 5.45. The molecular weight excluding hydrogens is 247 g/mol. The van der Waals surface area contributed by atoms with E-state index < -0.39 is 17.6 Å². The number of hydrogen-bond donors (Lipinski definition) is 1. The van der Waals surface area contributed by atoms with Gasteiger partial charge in [0.25, 0.3) is 0 Å². The normalized spacial score (nSPS) is 10.4. The first kappa shape index (κ1) is 13.9. The molecule has 0 bridgehead atoms. The van der Waals surface area contributed by atoms with Crippen molar-refractivity contribution in [1.82, 2.24) is 0 Å². The number of carbonyl (C=O) groups excluding carboxylic acids is 1. The molecule has 96 valence electrons. The van der Waals surface area contributed by atoms with Crippen molar-refractivity contribution in [3.8, 4) is 17.6 Å². The highest BCUT2D eigenvalue weighted by Gasteiger charge is 2.31. The first-order valence-corrected chi connectivity index (χ1v) is 4.87. The van der Waals surface area contributed by atoms with Crippen LogP contribution in [-0.2, 0) is 11.0 Å². The number of halogens is 3. The molecule has 18 heavy (non-hydrogen) atoms. The second-order valence-electron chi connectivity index (χ2n) is 3.36. The summed E-state index contributed by atoms with van der Waals surface area (Å²) in [6.07, 6.45) is -4.60. The van der Waals surface area contributed by atoms with Gasteiger partial charge in [-0.15, -0.1) is 0 Å². The highest BCUT2D eigenvalue weighted by molar-refractivity contribution is 5.76. The number of rotatable bonds is 2. The van der Waals surface area contributed by atoms with Gasteiger partial charge in [-0.3, -0.25) is 4.79 Å². The van der Waals surface area contributed by atoms with Crippen LogP contribution < -0.4 is 10.5 Å². The number of hydrogen-bond acceptors (Lipinski definition) is 2. The van der Waals surface area contributed by atoms with Crippen molar-refractivity contribution in [3.63, 3.8) is 0 Å². The summed E-state index contributed by atoms with van der Waals surface area (Å²) in [5.41, 5.74) is 4.34. The molecular formula is C12H10F3NO2. The Morgan fingerprint density at radius 3 is 2.61 bits per heavy atom. The van der Waals surface area contributed by atoms with E-state index in [-0.39, 0.29) is 17.7 Å². The molecule has 0 aliphatic carbocycles. The van der Waals surface area contributed by atoms with Gasteiger partial charge in [-0.2, -0.15) is 13.2 Å². The molecule has 1 aromatic carbocycles. The van der Waals surface area contributed by atoms with Crippen molar-refractivity contribution in [3.05, 3.63) is 29.3 Å². The molecule has 1 rings (SSSR count). The van der Waals surface area contributed by atoms with E-state index in [4.69, 9.17) is 10.5 Å². The molecule has 1 aromatic rings. The lowest BCUT2D eigenvalue weighted by molar-refractivity contribution is -0.137. The van der Waals surface area contributed by atoms with Crippen LogP contribution in [-0.4, -0.2) is 13.0 Å². The average Bonchev–Trinajstić information content (AvgIpc) is 2.27. The first-order valence-electron chi connectivity index (χ1n) is 4.87. The third-order valence-electron chi connectivity index (χ3n) is 2.01. The van der Waals surface area contributed by atoms with E-state index in [1.54, 1.807) is 0 Å². The van der Waals surface area contributed by atoms with Gasteiger partial charge in [-0.05, 0) is 18.2 Å². The SMILES string of the molecule is COc1cc(C(F)(F)F)ccc1C#CCC(N)=O. The maximum Gasteiger partial charge on any atom is 0.416 e. The van der Waals surface area contributed by atoms with Gasteiger partial charge in [0.2, 0.25) is 5.91 Å². The minimum atomic E-state index is -4.44. The number of amides is 1. The topological polar surface area (TPSA) is 52.3 Å². The standard InChI is InChI=1S/C12H10F3NO2/c1-18-10-7-9(12(13,14)15)6-5-8(10)3-2-4-11(16)17/h5-7H,4H2,1H3,(H2,16,17). The molecule has 6 heteroatoms. The molecule has 0 heterocycles. The first-order chi connectivity index (χ1) is 8.34. The molecule has 0 aliphatic heterocycles. The molecule has 0 aliphatic rings. The fourth-order valence-corrected chi connectivity index (χ4v) is 1.20. The Balaban J connectivity index is 3.07. The molecule has 0 aromatic heterocycles. The van der Waals surface area contributed by atoms with Crippen LogP contribution in [0.5, 0.6) is 5.75 Å². The predicted molar refractivity (Wildman–Crippen MR) is 58.7 cm³/mol. The fourth-order valence-electron chi connectivity index (χ4n) is 1.20. The summed E-state index contributed by atoms with van der Waals surface area (Å²) >= 11 is 0. The van der Waals surface area contributed by atoms with Crippen LogP contribution in [0.3, 0.4) is 0 Å². The molecule has 3 nitrogen and oxygen atoms in total. The minimum Gasteiger partial charge on any atom is -0.495 e. The van der Waals surface area contributed by atoms with Crippen LogP contribution in [0, 0.1) is 11.8 Å². The van der Waals surface area contributed by atoms with Gasteiger partial charge in [-0.1, -0.05) is 11.8 Å². The third kappa shape index (κ3) is 3.70. The number of benzene rings is 1. The Morgan fingerprint density at radius 1 is 1.44 bits per heavy atom. The van der Waals surface area contributed by atoms with Crippen LogP contribution in [0.4, 0.5) is 13.2 Å². The smallest absolute Gasteiger partial charge is 0.416 e. The number of nitrogens with two attached hydrogens (primary N) is 1. The molecule has 1 amide bonds. The number of primary amides is 1. The molecule has 2 N–H and O–H groups in total. The lowest BCUT2D eigenvalue weighted by Crippen LogP contribution is -2.08. The molecule has 0 atom stereocenters. The van der Waals surface area contributed by atoms with E-state index in [2.05, 4.69) is 11.8 Å². The zero-order valence-corrected chi connectivity index (χ0v) is 9.47. The Bertz CT molecular complexity index is 512. The Labute approximate surface area is 102 Å². The van der Waals surface area contributed by atoms with Gasteiger partial charge < -0.3 is 10.5 Å². The van der Waals surface area contributed by atoms with E-state index in [0.29, 0.717) is 0 Å². The molecule has 0 fully saturated rings. The quantitative estimate of drug-likeness (QED) is 0.823. The summed E-state index contributed by atoms with van der Waals surface area (Å²) in [5, 5.41) is 0. The molecule has 0 radical (unpaired) electrons. The number of carbonyl (C=O) groups is 1. The van der Waals surface area contributed by atoms with Gasteiger partial charge in [0, 0.05) is 0 Å². The van der Waals surface area contributed by atoms with E-state index >= 15 is 0 Å².